The van der Waals surface area contributed by atoms with E-state index in [4.69, 9.17) is 0 Å². The lowest BCUT2D eigenvalue weighted by atomic mass is 10.0. The number of amides is 1. The number of hydrogen-bond acceptors (Lipinski definition) is 4. The van der Waals surface area contributed by atoms with Gasteiger partial charge in [-0.3, -0.25) is 14.7 Å². The van der Waals surface area contributed by atoms with Crippen molar-refractivity contribution in [2.24, 2.45) is 5.92 Å². The number of hydrogen-bond donors (Lipinski definition) is 2. The second kappa shape index (κ2) is 8.12. The van der Waals surface area contributed by atoms with Crippen LogP contribution in [-0.2, 0) is 6.54 Å². The van der Waals surface area contributed by atoms with Crippen molar-refractivity contribution in [3.8, 4) is 0 Å². The van der Waals surface area contributed by atoms with Gasteiger partial charge in [-0.05, 0) is 37.9 Å². The lowest BCUT2D eigenvalue weighted by Crippen LogP contribution is -2.43. The molecule has 1 aliphatic heterocycles. The Labute approximate surface area is 165 Å². The molecule has 0 bridgehead atoms. The number of aromatic nitrogens is 2. The number of pyridine rings is 1. The van der Waals surface area contributed by atoms with Gasteiger partial charge in [0.05, 0.1) is 0 Å². The Morgan fingerprint density at radius 1 is 1.25 bits per heavy atom. The molecule has 3 heterocycles. The van der Waals surface area contributed by atoms with E-state index in [1.807, 2.05) is 42.6 Å². The minimum atomic E-state index is -0.0341. The number of fused-ring (bicyclic) bond motifs is 1. The minimum absolute atomic E-state index is 0.0341. The van der Waals surface area contributed by atoms with E-state index >= 15 is 0 Å². The van der Waals surface area contributed by atoms with Crippen molar-refractivity contribution < 1.29 is 4.79 Å². The van der Waals surface area contributed by atoms with E-state index in [-0.39, 0.29) is 11.9 Å². The summed E-state index contributed by atoms with van der Waals surface area (Å²) < 4.78 is 0. The molecule has 0 unspecified atom stereocenters. The molecule has 1 saturated heterocycles. The third-order valence-corrected chi connectivity index (χ3v) is 5.34. The zero-order valence-electron chi connectivity index (χ0n) is 16.4. The molecule has 0 aliphatic carbocycles. The van der Waals surface area contributed by atoms with E-state index in [0.29, 0.717) is 11.6 Å². The highest BCUT2D eigenvalue weighted by Gasteiger charge is 2.34. The van der Waals surface area contributed by atoms with Gasteiger partial charge in [0.25, 0.3) is 5.91 Å². The van der Waals surface area contributed by atoms with Crippen molar-refractivity contribution in [1.82, 2.24) is 25.1 Å². The van der Waals surface area contributed by atoms with E-state index in [0.717, 1.165) is 37.1 Å². The van der Waals surface area contributed by atoms with Crippen molar-refractivity contribution >= 4 is 16.8 Å². The van der Waals surface area contributed by atoms with Gasteiger partial charge < -0.3 is 15.2 Å². The smallest absolute Gasteiger partial charge is 0.268 e. The first-order valence-corrected chi connectivity index (χ1v) is 9.73. The van der Waals surface area contributed by atoms with Crippen LogP contribution in [0.2, 0.25) is 0 Å². The van der Waals surface area contributed by atoms with Crippen LogP contribution in [0.1, 0.15) is 16.1 Å². The quantitative estimate of drug-likeness (QED) is 0.692. The van der Waals surface area contributed by atoms with Gasteiger partial charge in [-0.25, -0.2) is 0 Å². The van der Waals surface area contributed by atoms with Gasteiger partial charge >= 0.3 is 0 Å². The maximum absolute atomic E-state index is 12.9. The summed E-state index contributed by atoms with van der Waals surface area (Å²) >= 11 is 0. The lowest BCUT2D eigenvalue weighted by Gasteiger charge is -2.22. The molecule has 2 aromatic heterocycles. The number of carbonyl (C=O) groups excluding carboxylic acids is 1. The first-order chi connectivity index (χ1) is 13.6. The number of likely N-dealkylation sites (tertiary alicyclic amines) is 1. The number of aromatic amines is 1. The van der Waals surface area contributed by atoms with Crippen LogP contribution in [0.25, 0.3) is 10.9 Å². The molecule has 1 aliphatic rings. The Hall–Kier alpha value is -2.70. The van der Waals surface area contributed by atoms with Crippen molar-refractivity contribution in [3.63, 3.8) is 0 Å². The Kier molecular flexibility index (Phi) is 5.41. The molecule has 4 rings (SSSR count). The number of nitrogens with one attached hydrogen (secondary N) is 2. The molecular weight excluding hydrogens is 350 g/mol. The van der Waals surface area contributed by atoms with Crippen LogP contribution in [0, 0.1) is 5.92 Å². The predicted molar refractivity (Wildman–Crippen MR) is 111 cm³/mol. The maximum atomic E-state index is 12.9. The maximum Gasteiger partial charge on any atom is 0.268 e. The number of nitrogens with zero attached hydrogens (tertiary/aromatic N) is 3. The molecule has 2 N–H and O–H groups in total. The Balaban J connectivity index is 1.46. The zero-order chi connectivity index (χ0) is 19.5. The molecular formula is C22H27N5O. The fourth-order valence-electron chi connectivity index (χ4n) is 4.10. The molecule has 1 aromatic carbocycles. The van der Waals surface area contributed by atoms with Gasteiger partial charge in [-0.15, -0.1) is 0 Å². The SMILES string of the molecule is CN(C)C[C@@H]1CN(Cc2cccnc2)C[C@H]1NC(=O)c1cc2ccccc2[nH]1. The van der Waals surface area contributed by atoms with Crippen molar-refractivity contribution in [1.29, 1.82) is 0 Å². The minimum Gasteiger partial charge on any atom is -0.351 e. The lowest BCUT2D eigenvalue weighted by molar-refractivity contribution is 0.0922. The normalized spacial score (nSPS) is 20.1. The predicted octanol–water partition coefficient (Wildman–Crippen LogP) is 2.35. The van der Waals surface area contributed by atoms with Gasteiger partial charge in [0, 0.05) is 61.4 Å². The summed E-state index contributed by atoms with van der Waals surface area (Å²) in [6.45, 7) is 3.61. The number of H-pyrrole nitrogens is 1. The van der Waals surface area contributed by atoms with Crippen LogP contribution in [0.15, 0.2) is 54.9 Å². The third-order valence-electron chi connectivity index (χ3n) is 5.34. The van der Waals surface area contributed by atoms with E-state index in [2.05, 4.69) is 45.2 Å². The molecule has 0 saturated carbocycles. The average molecular weight is 377 g/mol. The molecule has 3 aromatic rings. The number of benzene rings is 1. The fourth-order valence-corrected chi connectivity index (χ4v) is 4.10. The zero-order valence-corrected chi connectivity index (χ0v) is 16.4. The monoisotopic (exact) mass is 377 g/mol. The van der Waals surface area contributed by atoms with Crippen molar-refractivity contribution in [2.45, 2.75) is 12.6 Å². The molecule has 1 fully saturated rings. The van der Waals surface area contributed by atoms with Crippen LogP contribution in [0.5, 0.6) is 0 Å². The molecule has 0 radical (unpaired) electrons. The Morgan fingerprint density at radius 2 is 2.11 bits per heavy atom. The van der Waals surface area contributed by atoms with Gasteiger partial charge in [-0.1, -0.05) is 24.3 Å². The summed E-state index contributed by atoms with van der Waals surface area (Å²) in [5, 5.41) is 4.33. The first kappa shape index (κ1) is 18.7. The van der Waals surface area contributed by atoms with E-state index in [9.17, 15) is 4.79 Å². The van der Waals surface area contributed by atoms with Gasteiger partial charge in [0.1, 0.15) is 5.69 Å². The second-order valence-electron chi connectivity index (χ2n) is 7.93. The van der Waals surface area contributed by atoms with Gasteiger partial charge in [0.2, 0.25) is 0 Å². The summed E-state index contributed by atoms with van der Waals surface area (Å²) in [5.74, 6) is 0.355. The third kappa shape index (κ3) is 4.24. The highest BCUT2D eigenvalue weighted by atomic mass is 16.2. The van der Waals surface area contributed by atoms with Crippen molar-refractivity contribution in [2.75, 3.05) is 33.7 Å². The summed E-state index contributed by atoms with van der Waals surface area (Å²) in [6.07, 6.45) is 3.71. The second-order valence-corrected chi connectivity index (χ2v) is 7.93. The summed E-state index contributed by atoms with van der Waals surface area (Å²) in [4.78, 5) is 24.9. The molecule has 28 heavy (non-hydrogen) atoms. The van der Waals surface area contributed by atoms with E-state index in [1.54, 1.807) is 6.20 Å². The van der Waals surface area contributed by atoms with Crippen LogP contribution < -0.4 is 5.32 Å². The van der Waals surface area contributed by atoms with Crippen LogP contribution in [0.4, 0.5) is 0 Å². The molecule has 0 spiro atoms. The first-order valence-electron chi connectivity index (χ1n) is 9.73. The summed E-state index contributed by atoms with van der Waals surface area (Å²) in [6, 6.07) is 14.1. The van der Waals surface area contributed by atoms with Crippen LogP contribution >= 0.6 is 0 Å². The number of carbonyl (C=O) groups is 1. The molecule has 6 heteroatoms. The molecule has 2 atom stereocenters. The summed E-state index contributed by atoms with van der Waals surface area (Å²) in [5.41, 5.74) is 2.81. The van der Waals surface area contributed by atoms with Crippen LogP contribution in [-0.4, -0.2) is 65.4 Å². The summed E-state index contributed by atoms with van der Waals surface area (Å²) in [7, 11) is 4.17. The largest absolute Gasteiger partial charge is 0.351 e. The fraction of sp³-hybridized carbons (Fsp3) is 0.364. The van der Waals surface area contributed by atoms with Gasteiger partial charge in [0.15, 0.2) is 0 Å². The number of para-hydroxylation sites is 1. The van der Waals surface area contributed by atoms with Gasteiger partial charge in [-0.2, -0.15) is 0 Å². The number of rotatable bonds is 6. The van der Waals surface area contributed by atoms with Crippen molar-refractivity contribution in [3.05, 3.63) is 66.1 Å². The average Bonchev–Trinajstić information content (AvgIpc) is 3.26. The molecule has 1 amide bonds. The standard InChI is InChI=1S/C22H27N5O/c1-26(2)13-18-14-27(12-16-6-5-9-23-11-16)15-21(18)25-22(28)20-10-17-7-3-4-8-19(17)24-20/h3-11,18,21,24H,12-15H2,1-2H3,(H,25,28)/t18-,21-/m1/s1. The van der Waals surface area contributed by atoms with Crippen LogP contribution in [0.3, 0.4) is 0 Å². The Morgan fingerprint density at radius 3 is 2.86 bits per heavy atom. The highest BCUT2D eigenvalue weighted by molar-refractivity contribution is 5.98. The molecule has 146 valence electrons. The Bertz CT molecular complexity index is 903. The molecule has 6 nitrogen and oxygen atoms in total. The van der Waals surface area contributed by atoms with E-state index < -0.39 is 0 Å². The van der Waals surface area contributed by atoms with E-state index in [1.165, 1.54) is 5.56 Å². The highest BCUT2D eigenvalue weighted by Crippen LogP contribution is 2.21. The topological polar surface area (TPSA) is 64.3 Å².